The van der Waals surface area contributed by atoms with Crippen LogP contribution in [-0.4, -0.2) is 6.29 Å². The lowest BCUT2D eigenvalue weighted by Gasteiger charge is -2.19. The molecule has 0 saturated heterocycles. The molecule has 1 aliphatic carbocycles. The van der Waals surface area contributed by atoms with Crippen LogP contribution in [0, 0.1) is 11.8 Å². The van der Waals surface area contributed by atoms with Gasteiger partial charge in [-0.3, -0.25) is 0 Å². The summed E-state index contributed by atoms with van der Waals surface area (Å²) < 4.78 is 0. The van der Waals surface area contributed by atoms with Crippen molar-refractivity contribution in [2.45, 2.75) is 73.1 Å². The van der Waals surface area contributed by atoms with E-state index in [2.05, 4.69) is 53.3 Å². The molecule has 0 fully saturated rings. The molecule has 0 saturated carbocycles. The largest absolute Gasteiger partial charge is 0.303 e. The van der Waals surface area contributed by atoms with Crippen LogP contribution in [0.2, 0.25) is 0 Å². The standard InChI is InChI=1S/C10H18O.C10H16/c1-9(2)5-4-6-10(3)7-8-11;1-8(2)10-6-4-9(3)5-7-10/h5,8,10H,4,6-7H2,1-3H3;4,10H,1,5-7H2,2-3H3/t10-;/m1./s1. The van der Waals surface area contributed by atoms with Gasteiger partial charge in [0.05, 0.1) is 0 Å². The number of aldehydes is 1. The van der Waals surface area contributed by atoms with Gasteiger partial charge in [-0.25, -0.2) is 0 Å². The summed E-state index contributed by atoms with van der Waals surface area (Å²) in [7, 11) is 0. The van der Waals surface area contributed by atoms with Crippen LogP contribution in [0.15, 0.2) is 35.5 Å². The number of carbonyl (C=O) groups excluding carboxylic acids is 1. The number of hydrogen-bond donors (Lipinski definition) is 0. The van der Waals surface area contributed by atoms with E-state index in [-0.39, 0.29) is 0 Å². The van der Waals surface area contributed by atoms with Gasteiger partial charge in [0.2, 0.25) is 0 Å². The monoisotopic (exact) mass is 290 g/mol. The second kappa shape index (κ2) is 11.5. The van der Waals surface area contributed by atoms with E-state index in [1.807, 2.05) is 0 Å². The molecule has 0 heterocycles. The van der Waals surface area contributed by atoms with Crippen molar-refractivity contribution in [3.05, 3.63) is 35.5 Å². The first-order chi connectivity index (χ1) is 9.86. The molecular weight excluding hydrogens is 256 g/mol. The summed E-state index contributed by atoms with van der Waals surface area (Å²) in [4.78, 5) is 10.1. The number of rotatable bonds is 6. The Bertz CT molecular complexity index is 369. The zero-order chi connectivity index (χ0) is 16.3. The summed E-state index contributed by atoms with van der Waals surface area (Å²) in [5.74, 6) is 1.31. The predicted octanol–water partition coefficient (Wildman–Crippen LogP) is 6.27. The first kappa shape index (κ1) is 19.9. The number of hydrogen-bond acceptors (Lipinski definition) is 1. The van der Waals surface area contributed by atoms with Crippen molar-refractivity contribution in [2.75, 3.05) is 0 Å². The van der Waals surface area contributed by atoms with Crippen molar-refractivity contribution in [3.63, 3.8) is 0 Å². The van der Waals surface area contributed by atoms with Gasteiger partial charge in [-0.1, -0.05) is 42.4 Å². The third-order valence-electron chi connectivity index (χ3n) is 4.05. The summed E-state index contributed by atoms with van der Waals surface area (Å²) in [6, 6.07) is 0. The van der Waals surface area contributed by atoms with Gasteiger partial charge >= 0.3 is 0 Å². The second-order valence-corrected chi connectivity index (χ2v) is 6.73. The van der Waals surface area contributed by atoms with Gasteiger partial charge in [-0.2, -0.15) is 0 Å². The van der Waals surface area contributed by atoms with Gasteiger partial charge < -0.3 is 4.79 Å². The maximum absolute atomic E-state index is 10.1. The highest BCUT2D eigenvalue weighted by Crippen LogP contribution is 2.27. The minimum absolute atomic E-state index is 0.545. The Morgan fingerprint density at radius 2 is 2.10 bits per heavy atom. The molecular formula is C20H34O. The van der Waals surface area contributed by atoms with Crippen LogP contribution < -0.4 is 0 Å². The van der Waals surface area contributed by atoms with Crippen molar-refractivity contribution in [1.29, 1.82) is 0 Å². The second-order valence-electron chi connectivity index (χ2n) is 6.73. The van der Waals surface area contributed by atoms with Gasteiger partial charge in [0, 0.05) is 6.42 Å². The lowest BCUT2D eigenvalue weighted by atomic mass is 9.86. The average molecular weight is 290 g/mol. The fraction of sp³-hybridized carbons (Fsp3) is 0.650. The molecule has 1 heteroatoms. The summed E-state index contributed by atoms with van der Waals surface area (Å²) in [6.07, 6.45) is 12.3. The molecule has 0 aromatic carbocycles. The molecule has 0 aliphatic heterocycles. The minimum atomic E-state index is 0.545. The van der Waals surface area contributed by atoms with Gasteiger partial charge in [-0.05, 0) is 71.6 Å². The minimum Gasteiger partial charge on any atom is -0.303 e. The average Bonchev–Trinajstić information content (AvgIpc) is 2.39. The van der Waals surface area contributed by atoms with Gasteiger partial charge in [0.1, 0.15) is 6.29 Å². The third-order valence-corrected chi connectivity index (χ3v) is 4.05. The quantitative estimate of drug-likeness (QED) is 0.416. The van der Waals surface area contributed by atoms with Crippen molar-refractivity contribution in [2.24, 2.45) is 11.8 Å². The van der Waals surface area contributed by atoms with Gasteiger partial charge in [0.25, 0.3) is 0 Å². The molecule has 1 unspecified atom stereocenters. The van der Waals surface area contributed by atoms with Crippen LogP contribution in [0.25, 0.3) is 0 Å². The van der Waals surface area contributed by atoms with Gasteiger partial charge in [0.15, 0.2) is 0 Å². The molecule has 21 heavy (non-hydrogen) atoms. The smallest absolute Gasteiger partial charge is 0.120 e. The van der Waals surface area contributed by atoms with E-state index in [9.17, 15) is 4.79 Å². The maximum Gasteiger partial charge on any atom is 0.120 e. The SMILES string of the molecule is C=C(C)C1CC=C(C)CC1.CC(C)=CCC[C@@H](C)CC=O. The van der Waals surface area contributed by atoms with Crippen molar-refractivity contribution in [3.8, 4) is 0 Å². The van der Waals surface area contributed by atoms with Crippen molar-refractivity contribution < 1.29 is 4.79 Å². The Kier molecular flexibility index (Phi) is 10.9. The predicted molar refractivity (Wildman–Crippen MR) is 94.4 cm³/mol. The van der Waals surface area contributed by atoms with Crippen LogP contribution in [0.3, 0.4) is 0 Å². The summed E-state index contributed by atoms with van der Waals surface area (Å²) in [5.41, 5.74) is 4.27. The molecule has 1 nitrogen and oxygen atoms in total. The first-order valence-electron chi connectivity index (χ1n) is 8.24. The van der Waals surface area contributed by atoms with Gasteiger partial charge in [-0.15, -0.1) is 0 Å². The highest BCUT2D eigenvalue weighted by molar-refractivity contribution is 5.49. The van der Waals surface area contributed by atoms with Crippen LogP contribution in [0.1, 0.15) is 73.1 Å². The lowest BCUT2D eigenvalue weighted by Crippen LogP contribution is -2.04. The van der Waals surface area contributed by atoms with Crippen LogP contribution in [0.5, 0.6) is 0 Å². The summed E-state index contributed by atoms with van der Waals surface area (Å²) in [6.45, 7) is 14.7. The Labute approximate surface area is 132 Å². The Hall–Kier alpha value is -1.11. The molecule has 0 bridgehead atoms. The van der Waals surface area contributed by atoms with E-state index in [1.165, 1.54) is 30.4 Å². The van der Waals surface area contributed by atoms with Crippen LogP contribution in [0.4, 0.5) is 0 Å². The molecule has 0 spiro atoms. The fourth-order valence-electron chi connectivity index (χ4n) is 2.35. The fourth-order valence-corrected chi connectivity index (χ4v) is 2.35. The molecule has 2 atom stereocenters. The maximum atomic E-state index is 10.1. The van der Waals surface area contributed by atoms with E-state index in [0.717, 1.165) is 25.0 Å². The molecule has 0 aromatic heterocycles. The molecule has 0 amide bonds. The summed E-state index contributed by atoms with van der Waals surface area (Å²) >= 11 is 0. The van der Waals surface area contributed by atoms with E-state index >= 15 is 0 Å². The topological polar surface area (TPSA) is 17.1 Å². The number of carbonyl (C=O) groups is 1. The Morgan fingerprint density at radius 3 is 2.52 bits per heavy atom. The molecule has 1 aliphatic rings. The molecule has 120 valence electrons. The molecule has 0 aromatic rings. The molecule has 1 rings (SSSR count). The van der Waals surface area contributed by atoms with Crippen LogP contribution in [-0.2, 0) is 4.79 Å². The zero-order valence-corrected chi connectivity index (χ0v) is 14.7. The summed E-state index contributed by atoms with van der Waals surface area (Å²) in [5, 5.41) is 0. The highest BCUT2D eigenvalue weighted by atomic mass is 16.1. The Morgan fingerprint density at radius 1 is 1.43 bits per heavy atom. The third kappa shape index (κ3) is 11.2. The van der Waals surface area contributed by atoms with E-state index in [4.69, 9.17) is 0 Å². The van der Waals surface area contributed by atoms with E-state index < -0.39 is 0 Å². The number of allylic oxidation sites excluding steroid dienone is 5. The van der Waals surface area contributed by atoms with Crippen molar-refractivity contribution >= 4 is 6.29 Å². The first-order valence-corrected chi connectivity index (χ1v) is 8.24. The van der Waals surface area contributed by atoms with E-state index in [0.29, 0.717) is 12.3 Å². The highest BCUT2D eigenvalue weighted by Gasteiger charge is 2.11. The molecule has 0 N–H and O–H groups in total. The normalized spacial score (nSPS) is 18.7. The van der Waals surface area contributed by atoms with E-state index in [1.54, 1.807) is 5.57 Å². The van der Waals surface area contributed by atoms with Crippen LogP contribution >= 0.6 is 0 Å². The lowest BCUT2D eigenvalue weighted by molar-refractivity contribution is -0.108. The Balaban J connectivity index is 0.000000382. The molecule has 0 radical (unpaired) electrons. The van der Waals surface area contributed by atoms with Crippen molar-refractivity contribution in [1.82, 2.24) is 0 Å². The zero-order valence-electron chi connectivity index (χ0n) is 14.7.